The maximum absolute atomic E-state index is 15.0. The van der Waals surface area contributed by atoms with Gasteiger partial charge in [0.05, 0.1) is 5.69 Å². The number of hydrogen-bond acceptors (Lipinski definition) is 5. The van der Waals surface area contributed by atoms with Crippen LogP contribution in [0.2, 0.25) is 0 Å². The van der Waals surface area contributed by atoms with Crippen molar-refractivity contribution < 1.29 is 4.48 Å². The molecule has 1 aromatic carbocycles. The smallest absolute Gasteiger partial charge is 0.303 e. The van der Waals surface area contributed by atoms with Crippen LogP contribution in [0.15, 0.2) is 39.9 Å². The second-order valence-corrected chi connectivity index (χ2v) is 8.89. The van der Waals surface area contributed by atoms with E-state index in [1.807, 2.05) is 19.9 Å². The van der Waals surface area contributed by atoms with Crippen LogP contribution in [-0.4, -0.2) is 45.4 Å². The topological polar surface area (TPSA) is 108 Å². The molecule has 2 unspecified atom stereocenters. The summed E-state index contributed by atoms with van der Waals surface area (Å²) < 4.78 is 15.0. The third-order valence-corrected chi connectivity index (χ3v) is 6.19. The number of hydrogen-bond donors (Lipinski definition) is 4. The minimum atomic E-state index is -0.930. The third-order valence-electron chi connectivity index (χ3n) is 6.19. The molecular formula is C25H31FN6O2. The molecule has 0 aliphatic carbocycles. The van der Waals surface area contributed by atoms with E-state index < -0.39 is 11.1 Å². The van der Waals surface area contributed by atoms with Crippen molar-refractivity contribution >= 4 is 12.2 Å². The molecule has 180 valence electrons. The zero-order valence-electron chi connectivity index (χ0n) is 19.7. The van der Waals surface area contributed by atoms with Crippen LogP contribution in [0.4, 0.5) is 4.48 Å². The van der Waals surface area contributed by atoms with E-state index in [1.54, 1.807) is 24.3 Å². The van der Waals surface area contributed by atoms with E-state index in [0.29, 0.717) is 11.3 Å². The summed E-state index contributed by atoms with van der Waals surface area (Å²) in [6.45, 7) is 8.75. The van der Waals surface area contributed by atoms with Gasteiger partial charge in [-0.15, -0.1) is 4.79 Å². The second kappa shape index (κ2) is 10.3. The number of imidazole rings is 1. The lowest BCUT2D eigenvalue weighted by molar-refractivity contribution is 0.333. The average molecular weight is 467 g/mol. The maximum Gasteiger partial charge on any atom is 0.303 e. The fourth-order valence-corrected chi connectivity index (χ4v) is 4.38. The van der Waals surface area contributed by atoms with E-state index in [9.17, 15) is 9.59 Å². The van der Waals surface area contributed by atoms with Gasteiger partial charge >= 0.3 is 5.56 Å². The van der Waals surface area contributed by atoms with E-state index in [0.717, 1.165) is 37.6 Å². The average Bonchev–Trinajstić information content (AvgIpc) is 3.26. The Morgan fingerprint density at radius 2 is 1.91 bits per heavy atom. The van der Waals surface area contributed by atoms with Crippen molar-refractivity contribution in [2.45, 2.75) is 45.1 Å². The highest BCUT2D eigenvalue weighted by molar-refractivity contribution is 5.49. The number of aromatic nitrogens is 4. The Hall–Kier alpha value is -3.30. The second-order valence-electron chi connectivity index (χ2n) is 8.89. The molecule has 0 saturated carbocycles. The third kappa shape index (κ3) is 4.95. The van der Waals surface area contributed by atoms with E-state index in [2.05, 4.69) is 27.5 Å². The van der Waals surface area contributed by atoms with Crippen molar-refractivity contribution in [3.8, 4) is 0 Å². The number of halogens is 1. The molecule has 4 N–H and O–H groups in total. The molecule has 3 heterocycles. The van der Waals surface area contributed by atoms with Crippen molar-refractivity contribution in [2.75, 3.05) is 19.6 Å². The lowest BCUT2D eigenvalue weighted by Gasteiger charge is -2.30. The number of rotatable bonds is 6. The molecule has 0 amide bonds. The largest absolute Gasteiger partial charge is 0.345 e. The number of nitrogens with zero attached hydrogens (tertiary/aromatic N) is 2. The minimum absolute atomic E-state index is 0.0620. The molecule has 3 aromatic rings. The first-order valence-corrected chi connectivity index (χ1v) is 11.7. The summed E-state index contributed by atoms with van der Waals surface area (Å²) >= 11 is 0. The molecule has 0 bridgehead atoms. The van der Waals surface area contributed by atoms with Crippen LogP contribution in [0.1, 0.15) is 61.8 Å². The Kier molecular flexibility index (Phi) is 7.23. The number of piperazine rings is 1. The normalized spacial score (nSPS) is 18.6. The Morgan fingerprint density at radius 3 is 2.56 bits per heavy atom. The molecule has 0 spiro atoms. The SMILES string of the molecule is CCC(c1nc(C=c2c(=O)[nH]c(=Cc3ccccc3)c(=O)n2F)c(C(C)C)[nH]1)C1CNCCN1. The Balaban J connectivity index is 1.81. The van der Waals surface area contributed by atoms with Gasteiger partial charge in [0.2, 0.25) is 0 Å². The number of aromatic amines is 2. The summed E-state index contributed by atoms with van der Waals surface area (Å²) in [6.07, 6.45) is 3.66. The van der Waals surface area contributed by atoms with Crippen LogP contribution in [-0.2, 0) is 0 Å². The van der Waals surface area contributed by atoms with Crippen LogP contribution in [0.5, 0.6) is 0 Å². The number of nitrogens with one attached hydrogen (secondary N) is 4. The zero-order chi connectivity index (χ0) is 24.2. The predicted molar refractivity (Wildman–Crippen MR) is 131 cm³/mol. The van der Waals surface area contributed by atoms with Crippen LogP contribution in [0, 0.1) is 0 Å². The van der Waals surface area contributed by atoms with Gasteiger partial charge in [-0.2, -0.15) is 0 Å². The van der Waals surface area contributed by atoms with Crippen LogP contribution in [0.3, 0.4) is 0 Å². The maximum atomic E-state index is 15.0. The molecule has 9 heteroatoms. The van der Waals surface area contributed by atoms with Crippen molar-refractivity contribution in [3.63, 3.8) is 0 Å². The molecule has 34 heavy (non-hydrogen) atoms. The molecule has 1 aliphatic heterocycles. The van der Waals surface area contributed by atoms with Gasteiger partial charge in [-0.3, -0.25) is 9.59 Å². The minimum Gasteiger partial charge on any atom is -0.345 e. The zero-order valence-corrected chi connectivity index (χ0v) is 19.7. The standard InChI is InChI=1S/C25H31FN6O2/c1-4-17(20-14-27-10-11-28-20)23-29-18(22(31-23)15(2)3)13-21-24(33)30-19(25(34)32(21)26)12-16-8-6-5-7-9-16/h5-9,12-13,15,17,20,27-28H,4,10-11,14H2,1-3H3,(H,29,31)(H,30,33). The Bertz CT molecular complexity index is 1370. The molecule has 0 radical (unpaired) electrons. The summed E-state index contributed by atoms with van der Waals surface area (Å²) in [4.78, 5) is 36.0. The Labute approximate surface area is 196 Å². The molecular weight excluding hydrogens is 435 g/mol. The van der Waals surface area contributed by atoms with Crippen molar-refractivity contribution in [3.05, 3.63) is 84.5 Å². The molecule has 1 fully saturated rings. The summed E-state index contributed by atoms with van der Waals surface area (Å²) in [7, 11) is 0. The molecule has 4 rings (SSSR count). The van der Waals surface area contributed by atoms with Gasteiger partial charge in [0.15, 0.2) is 0 Å². The van der Waals surface area contributed by atoms with Gasteiger partial charge in [-0.25, -0.2) is 4.98 Å². The van der Waals surface area contributed by atoms with Gasteiger partial charge in [0.25, 0.3) is 5.56 Å². The molecule has 2 aromatic heterocycles. The van der Waals surface area contributed by atoms with Crippen molar-refractivity contribution in [1.82, 2.24) is 30.4 Å². The first-order chi connectivity index (χ1) is 16.4. The van der Waals surface area contributed by atoms with Gasteiger partial charge in [-0.05, 0) is 30.1 Å². The van der Waals surface area contributed by atoms with Crippen LogP contribution < -0.4 is 32.5 Å². The van der Waals surface area contributed by atoms with E-state index in [-0.39, 0.29) is 33.4 Å². The molecule has 1 aliphatic rings. The van der Waals surface area contributed by atoms with Crippen molar-refractivity contribution in [2.24, 2.45) is 0 Å². The number of benzene rings is 1. The van der Waals surface area contributed by atoms with E-state index in [1.165, 1.54) is 12.2 Å². The summed E-state index contributed by atoms with van der Waals surface area (Å²) in [5.74, 6) is 0.977. The highest BCUT2D eigenvalue weighted by Crippen LogP contribution is 2.26. The first kappa shape index (κ1) is 23.8. The first-order valence-electron chi connectivity index (χ1n) is 11.7. The lowest BCUT2D eigenvalue weighted by atomic mass is 9.95. The quantitative estimate of drug-likeness (QED) is 0.431. The summed E-state index contributed by atoms with van der Waals surface area (Å²) in [5, 5.41) is 6.42. The fourth-order valence-electron chi connectivity index (χ4n) is 4.38. The fraction of sp³-hybridized carbons (Fsp3) is 0.400. The Morgan fingerprint density at radius 1 is 1.15 bits per heavy atom. The van der Waals surface area contributed by atoms with Crippen LogP contribution in [0.25, 0.3) is 12.2 Å². The van der Waals surface area contributed by atoms with E-state index in [4.69, 9.17) is 4.98 Å². The highest BCUT2D eigenvalue weighted by Gasteiger charge is 2.27. The predicted octanol–water partition coefficient (Wildman–Crippen LogP) is 0.828. The highest BCUT2D eigenvalue weighted by atomic mass is 19.2. The number of H-pyrrole nitrogens is 2. The van der Waals surface area contributed by atoms with E-state index >= 15 is 4.48 Å². The van der Waals surface area contributed by atoms with Crippen LogP contribution >= 0.6 is 0 Å². The molecule has 8 nitrogen and oxygen atoms in total. The molecule has 1 saturated heterocycles. The van der Waals surface area contributed by atoms with Crippen molar-refractivity contribution in [1.29, 1.82) is 0 Å². The van der Waals surface area contributed by atoms with Gasteiger partial charge in [0.1, 0.15) is 16.5 Å². The molecule has 2 atom stereocenters. The monoisotopic (exact) mass is 466 g/mol. The van der Waals surface area contributed by atoms with Gasteiger partial charge < -0.3 is 20.6 Å². The van der Waals surface area contributed by atoms with Gasteiger partial charge in [-0.1, -0.05) is 55.6 Å². The van der Waals surface area contributed by atoms with Gasteiger partial charge in [0, 0.05) is 37.3 Å². The summed E-state index contributed by atoms with van der Waals surface area (Å²) in [5.41, 5.74) is 0.309. The lowest BCUT2D eigenvalue weighted by Crippen LogP contribution is -2.51. The summed E-state index contributed by atoms with van der Waals surface area (Å²) in [6, 6.07) is 9.17.